The quantitative estimate of drug-likeness (QED) is 0.719. The summed E-state index contributed by atoms with van der Waals surface area (Å²) in [6, 6.07) is 3.26. The third-order valence-corrected chi connectivity index (χ3v) is 7.03. The monoisotopic (exact) mass is 424 g/mol. The molecule has 8 nitrogen and oxygen atoms in total. The fraction of sp³-hybridized carbons (Fsp3) is 0.600. The van der Waals surface area contributed by atoms with E-state index < -0.39 is 22.0 Å². The molecule has 0 aliphatic carbocycles. The van der Waals surface area contributed by atoms with Gasteiger partial charge in [-0.25, -0.2) is 13.2 Å². The molecule has 9 heteroatoms. The summed E-state index contributed by atoms with van der Waals surface area (Å²) in [6.45, 7) is 11.6. The average Bonchev–Trinajstić information content (AvgIpc) is 2.59. The van der Waals surface area contributed by atoms with Crippen molar-refractivity contribution in [3.63, 3.8) is 0 Å². The van der Waals surface area contributed by atoms with Crippen LogP contribution in [0.2, 0.25) is 0 Å². The number of benzene rings is 1. The minimum absolute atomic E-state index is 0.0611. The second-order valence-electron chi connectivity index (χ2n) is 8.06. The number of imide groups is 1. The normalized spacial score (nSPS) is 16.1. The lowest BCUT2D eigenvalue weighted by molar-refractivity contribution is -0.121. The van der Waals surface area contributed by atoms with E-state index in [0.29, 0.717) is 43.5 Å². The van der Waals surface area contributed by atoms with Crippen molar-refractivity contribution >= 4 is 22.0 Å². The van der Waals surface area contributed by atoms with Gasteiger partial charge < -0.3 is 5.32 Å². The molecule has 1 saturated heterocycles. The van der Waals surface area contributed by atoms with Crippen LogP contribution in [0.5, 0.6) is 0 Å². The molecular weight excluding hydrogens is 392 g/mol. The van der Waals surface area contributed by atoms with E-state index in [2.05, 4.69) is 10.6 Å². The Labute approximate surface area is 173 Å². The van der Waals surface area contributed by atoms with Crippen LogP contribution in [0, 0.1) is 26.7 Å². The van der Waals surface area contributed by atoms with E-state index in [4.69, 9.17) is 0 Å². The zero-order chi connectivity index (χ0) is 21.8. The van der Waals surface area contributed by atoms with E-state index in [-0.39, 0.29) is 6.54 Å². The van der Waals surface area contributed by atoms with E-state index in [1.54, 1.807) is 0 Å². The van der Waals surface area contributed by atoms with Crippen LogP contribution in [0.25, 0.3) is 0 Å². The molecule has 0 unspecified atom stereocenters. The number of aryl methyl sites for hydroxylation is 3. The maximum Gasteiger partial charge on any atom is 0.321 e. The number of carbonyl (C=O) groups excluding carboxylic acids is 2. The molecule has 0 bridgehead atoms. The molecule has 0 aromatic heterocycles. The standard InChI is InChI=1S/C20H32N4O4S/c1-14(2)12-21-20(26)22-18(25)13-23-6-8-24(9-7-23)29(27,28)19-16(4)10-15(3)11-17(19)5/h10-11,14H,6-9,12-13H2,1-5H3,(H2,21,22,25,26). The van der Waals surface area contributed by atoms with Crippen LogP contribution in [0.4, 0.5) is 4.79 Å². The highest BCUT2D eigenvalue weighted by molar-refractivity contribution is 7.89. The molecule has 1 fully saturated rings. The molecular formula is C20H32N4O4S. The minimum Gasteiger partial charge on any atom is -0.338 e. The molecule has 2 rings (SSSR count). The molecule has 0 spiro atoms. The fourth-order valence-electron chi connectivity index (χ4n) is 3.54. The van der Waals surface area contributed by atoms with E-state index in [9.17, 15) is 18.0 Å². The van der Waals surface area contributed by atoms with Crippen molar-refractivity contribution < 1.29 is 18.0 Å². The van der Waals surface area contributed by atoms with E-state index in [1.807, 2.05) is 51.7 Å². The van der Waals surface area contributed by atoms with Gasteiger partial charge in [-0.1, -0.05) is 31.5 Å². The number of nitrogens with one attached hydrogen (secondary N) is 2. The summed E-state index contributed by atoms with van der Waals surface area (Å²) in [5.41, 5.74) is 2.53. The summed E-state index contributed by atoms with van der Waals surface area (Å²) in [5.74, 6) is -0.0977. The van der Waals surface area contributed by atoms with Crippen LogP contribution in [0.1, 0.15) is 30.5 Å². The molecule has 1 heterocycles. The smallest absolute Gasteiger partial charge is 0.321 e. The zero-order valence-corrected chi connectivity index (χ0v) is 18.7. The molecule has 0 atom stereocenters. The second kappa shape index (κ2) is 9.69. The van der Waals surface area contributed by atoms with E-state index in [1.165, 1.54) is 4.31 Å². The maximum atomic E-state index is 13.1. The van der Waals surface area contributed by atoms with Gasteiger partial charge in [0, 0.05) is 32.7 Å². The topological polar surface area (TPSA) is 98.8 Å². The Bertz CT molecular complexity index is 836. The Balaban J connectivity index is 1.92. The minimum atomic E-state index is -3.58. The van der Waals surface area contributed by atoms with Crippen molar-refractivity contribution in [2.75, 3.05) is 39.3 Å². The van der Waals surface area contributed by atoms with Crippen LogP contribution in [0.15, 0.2) is 17.0 Å². The first-order valence-corrected chi connectivity index (χ1v) is 11.3. The molecule has 0 radical (unpaired) electrons. The van der Waals surface area contributed by atoms with Crippen LogP contribution in [0.3, 0.4) is 0 Å². The Hall–Kier alpha value is -1.97. The number of hydrogen-bond acceptors (Lipinski definition) is 5. The summed E-state index contributed by atoms with van der Waals surface area (Å²) < 4.78 is 27.7. The van der Waals surface area contributed by atoms with Gasteiger partial charge in [-0.2, -0.15) is 4.31 Å². The summed E-state index contributed by atoms with van der Waals surface area (Å²) >= 11 is 0. The molecule has 2 N–H and O–H groups in total. The first-order chi connectivity index (χ1) is 13.5. The van der Waals surface area contributed by atoms with Gasteiger partial charge in [0.05, 0.1) is 11.4 Å². The van der Waals surface area contributed by atoms with Crippen molar-refractivity contribution in [3.05, 3.63) is 28.8 Å². The Morgan fingerprint density at radius 1 is 1.03 bits per heavy atom. The SMILES string of the molecule is Cc1cc(C)c(S(=O)(=O)N2CCN(CC(=O)NC(=O)NCC(C)C)CC2)c(C)c1. The Morgan fingerprint density at radius 3 is 2.10 bits per heavy atom. The fourth-order valence-corrected chi connectivity index (χ4v) is 5.37. The zero-order valence-electron chi connectivity index (χ0n) is 17.9. The van der Waals surface area contributed by atoms with E-state index >= 15 is 0 Å². The highest BCUT2D eigenvalue weighted by Gasteiger charge is 2.31. The molecule has 1 aromatic rings. The Kier molecular flexibility index (Phi) is 7.79. The van der Waals surface area contributed by atoms with Gasteiger partial charge >= 0.3 is 6.03 Å². The number of rotatable bonds is 6. The largest absolute Gasteiger partial charge is 0.338 e. The van der Waals surface area contributed by atoms with Crippen molar-refractivity contribution in [3.8, 4) is 0 Å². The molecule has 1 aliphatic rings. The lowest BCUT2D eigenvalue weighted by Crippen LogP contribution is -2.52. The molecule has 3 amide bonds. The molecule has 162 valence electrons. The van der Waals surface area contributed by atoms with Gasteiger partial charge in [0.25, 0.3) is 0 Å². The van der Waals surface area contributed by atoms with Gasteiger partial charge in [-0.3, -0.25) is 15.0 Å². The number of carbonyl (C=O) groups is 2. The van der Waals surface area contributed by atoms with Crippen molar-refractivity contribution in [1.82, 2.24) is 19.8 Å². The lowest BCUT2D eigenvalue weighted by atomic mass is 10.1. The number of piperazine rings is 1. The third kappa shape index (κ3) is 6.25. The predicted octanol–water partition coefficient (Wildman–Crippen LogP) is 1.40. The van der Waals surface area contributed by atoms with Crippen LogP contribution >= 0.6 is 0 Å². The summed E-state index contributed by atoms with van der Waals surface area (Å²) in [4.78, 5) is 25.9. The average molecular weight is 425 g/mol. The highest BCUT2D eigenvalue weighted by Crippen LogP contribution is 2.26. The Morgan fingerprint density at radius 2 is 1.59 bits per heavy atom. The maximum absolute atomic E-state index is 13.1. The third-order valence-electron chi connectivity index (χ3n) is 4.82. The summed E-state index contributed by atoms with van der Waals surface area (Å²) in [6.07, 6.45) is 0. The predicted molar refractivity (Wildman–Crippen MR) is 112 cm³/mol. The van der Waals surface area contributed by atoms with E-state index in [0.717, 1.165) is 16.7 Å². The van der Waals surface area contributed by atoms with Crippen molar-refractivity contribution in [2.45, 2.75) is 39.5 Å². The van der Waals surface area contributed by atoms with Gasteiger partial charge in [0.15, 0.2) is 0 Å². The van der Waals surface area contributed by atoms with Crippen LogP contribution in [-0.2, 0) is 14.8 Å². The summed E-state index contributed by atoms with van der Waals surface area (Å²) in [7, 11) is -3.58. The van der Waals surface area contributed by atoms with Gasteiger partial charge in [-0.05, 0) is 37.8 Å². The van der Waals surface area contributed by atoms with Crippen LogP contribution in [-0.4, -0.2) is 68.8 Å². The van der Waals surface area contributed by atoms with Crippen LogP contribution < -0.4 is 10.6 Å². The van der Waals surface area contributed by atoms with Gasteiger partial charge in [0.1, 0.15) is 0 Å². The number of amides is 3. The van der Waals surface area contributed by atoms with Crippen molar-refractivity contribution in [2.24, 2.45) is 5.92 Å². The highest BCUT2D eigenvalue weighted by atomic mass is 32.2. The second-order valence-corrected chi connectivity index (χ2v) is 9.93. The first kappa shape index (κ1) is 23.3. The molecule has 0 saturated carbocycles. The number of nitrogens with zero attached hydrogens (tertiary/aromatic N) is 2. The number of sulfonamides is 1. The van der Waals surface area contributed by atoms with Crippen molar-refractivity contribution in [1.29, 1.82) is 0 Å². The molecule has 29 heavy (non-hydrogen) atoms. The number of urea groups is 1. The molecule has 1 aliphatic heterocycles. The number of hydrogen-bond donors (Lipinski definition) is 2. The first-order valence-electron chi connectivity index (χ1n) is 9.88. The lowest BCUT2D eigenvalue weighted by Gasteiger charge is -2.34. The summed E-state index contributed by atoms with van der Waals surface area (Å²) in [5, 5.41) is 4.94. The molecule has 1 aromatic carbocycles. The van der Waals surface area contributed by atoms with Gasteiger partial charge in [-0.15, -0.1) is 0 Å². The van der Waals surface area contributed by atoms with Gasteiger partial charge in [0.2, 0.25) is 15.9 Å².